The number of thioether (sulfide) groups is 1. The Balaban J connectivity index is 1.61. The molecular formula is C18H23N3OS. The Bertz CT molecular complexity index is 636. The number of rotatable bonds is 5. The number of carbonyl (C=O) groups is 1. The Kier molecular flexibility index (Phi) is 5.06. The first-order chi connectivity index (χ1) is 11.2. The predicted octanol–water partition coefficient (Wildman–Crippen LogP) is 3.60. The minimum absolute atomic E-state index is 0.0762. The average molecular weight is 329 g/mol. The number of benzene rings is 1. The van der Waals surface area contributed by atoms with E-state index in [1.165, 1.54) is 11.1 Å². The second kappa shape index (κ2) is 7.21. The van der Waals surface area contributed by atoms with Crippen LogP contribution in [0.15, 0.2) is 40.4 Å². The van der Waals surface area contributed by atoms with Crippen molar-refractivity contribution in [2.24, 2.45) is 4.99 Å². The van der Waals surface area contributed by atoms with Crippen LogP contribution in [0.2, 0.25) is 0 Å². The summed E-state index contributed by atoms with van der Waals surface area (Å²) in [7, 11) is 0. The largest absolute Gasteiger partial charge is 0.349 e. The number of hydrogen-bond donors (Lipinski definition) is 1. The lowest BCUT2D eigenvalue weighted by Crippen LogP contribution is -2.34. The molecule has 0 bridgehead atoms. The molecule has 4 nitrogen and oxygen atoms in total. The van der Waals surface area contributed by atoms with Gasteiger partial charge in [-0.05, 0) is 30.7 Å². The van der Waals surface area contributed by atoms with E-state index in [2.05, 4.69) is 58.7 Å². The minimum Gasteiger partial charge on any atom is -0.349 e. The first kappa shape index (κ1) is 16.1. The molecule has 5 heteroatoms. The van der Waals surface area contributed by atoms with Gasteiger partial charge in [0.25, 0.3) is 0 Å². The topological polar surface area (TPSA) is 44.7 Å². The van der Waals surface area contributed by atoms with E-state index in [1.54, 1.807) is 11.8 Å². The van der Waals surface area contributed by atoms with Gasteiger partial charge in [-0.3, -0.25) is 9.79 Å². The van der Waals surface area contributed by atoms with Crippen LogP contribution in [-0.4, -0.2) is 29.1 Å². The maximum Gasteiger partial charge on any atom is 0.226 e. The average Bonchev–Trinajstić information content (AvgIpc) is 2.97. The van der Waals surface area contributed by atoms with Gasteiger partial charge in [-0.1, -0.05) is 48.5 Å². The number of nitrogens with one attached hydrogen (secondary N) is 1. The summed E-state index contributed by atoms with van der Waals surface area (Å²) in [6, 6.07) is 8.47. The van der Waals surface area contributed by atoms with Crippen molar-refractivity contribution < 1.29 is 4.79 Å². The zero-order valence-electron chi connectivity index (χ0n) is 13.7. The molecule has 1 N–H and O–H groups in total. The van der Waals surface area contributed by atoms with E-state index in [-0.39, 0.29) is 11.9 Å². The summed E-state index contributed by atoms with van der Waals surface area (Å²) in [5.41, 5.74) is 3.48. The van der Waals surface area contributed by atoms with Crippen LogP contribution in [0.25, 0.3) is 0 Å². The maximum atomic E-state index is 12.5. The Morgan fingerprint density at radius 1 is 1.39 bits per heavy atom. The fourth-order valence-electron chi connectivity index (χ4n) is 2.90. The van der Waals surface area contributed by atoms with E-state index in [1.807, 2.05) is 0 Å². The van der Waals surface area contributed by atoms with Crippen molar-refractivity contribution in [3.8, 4) is 0 Å². The zero-order chi connectivity index (χ0) is 16.2. The molecule has 0 fully saturated rings. The van der Waals surface area contributed by atoms with Crippen molar-refractivity contribution in [2.45, 2.75) is 39.2 Å². The van der Waals surface area contributed by atoms with Crippen molar-refractivity contribution >= 4 is 22.8 Å². The first-order valence-electron chi connectivity index (χ1n) is 8.21. The quantitative estimate of drug-likeness (QED) is 0.897. The number of carbonyl (C=O) groups excluding carboxylic acids is 1. The highest BCUT2D eigenvalue weighted by atomic mass is 32.2. The third kappa shape index (κ3) is 3.78. The Labute approximate surface area is 142 Å². The molecule has 1 atom stereocenters. The van der Waals surface area contributed by atoms with Crippen molar-refractivity contribution in [1.29, 1.82) is 0 Å². The normalized spacial score (nSPS) is 18.1. The highest BCUT2D eigenvalue weighted by Crippen LogP contribution is 2.30. The monoisotopic (exact) mass is 329 g/mol. The van der Waals surface area contributed by atoms with Gasteiger partial charge in [0.15, 0.2) is 5.17 Å². The first-order valence-corrected chi connectivity index (χ1v) is 9.09. The minimum atomic E-state index is 0.0762. The fraction of sp³-hybridized carbons (Fsp3) is 0.444. The van der Waals surface area contributed by atoms with Gasteiger partial charge < -0.3 is 10.2 Å². The highest BCUT2D eigenvalue weighted by molar-refractivity contribution is 8.16. The number of hydrogen-bond acceptors (Lipinski definition) is 4. The summed E-state index contributed by atoms with van der Waals surface area (Å²) in [6.45, 7) is 6.05. The van der Waals surface area contributed by atoms with Crippen LogP contribution in [0.3, 0.4) is 0 Å². The van der Waals surface area contributed by atoms with E-state index < -0.39 is 0 Å². The summed E-state index contributed by atoms with van der Waals surface area (Å²) in [6.07, 6.45) is 2.37. The van der Waals surface area contributed by atoms with Crippen molar-refractivity contribution in [1.82, 2.24) is 10.2 Å². The fourth-order valence-corrected chi connectivity index (χ4v) is 3.86. The lowest BCUT2D eigenvalue weighted by molar-refractivity contribution is -0.121. The molecule has 1 aromatic rings. The van der Waals surface area contributed by atoms with Crippen molar-refractivity contribution in [3.63, 3.8) is 0 Å². The maximum absolute atomic E-state index is 12.5. The number of aliphatic imine (C=N–C) groups is 1. The molecule has 0 unspecified atom stereocenters. The molecule has 0 spiro atoms. The van der Waals surface area contributed by atoms with Gasteiger partial charge in [0, 0.05) is 18.8 Å². The van der Waals surface area contributed by atoms with E-state index in [0.29, 0.717) is 6.42 Å². The Morgan fingerprint density at radius 3 is 2.91 bits per heavy atom. The van der Waals surface area contributed by atoms with Gasteiger partial charge in [-0.25, -0.2) is 0 Å². The Hall–Kier alpha value is -1.75. The van der Waals surface area contributed by atoms with Crippen LogP contribution in [0.4, 0.5) is 0 Å². The lowest BCUT2D eigenvalue weighted by atomic mass is 10.0. The van der Waals surface area contributed by atoms with Gasteiger partial charge >= 0.3 is 0 Å². The van der Waals surface area contributed by atoms with E-state index in [9.17, 15) is 4.79 Å². The third-order valence-electron chi connectivity index (χ3n) is 4.23. The van der Waals surface area contributed by atoms with Gasteiger partial charge in [-0.2, -0.15) is 0 Å². The number of fused-ring (bicyclic) bond motifs is 1. The molecule has 23 heavy (non-hydrogen) atoms. The van der Waals surface area contributed by atoms with Crippen molar-refractivity contribution in [3.05, 3.63) is 46.5 Å². The Morgan fingerprint density at radius 2 is 2.17 bits per heavy atom. The molecule has 2 aliphatic heterocycles. The molecular weight excluding hydrogens is 306 g/mol. The molecule has 0 radical (unpaired) electrons. The van der Waals surface area contributed by atoms with Crippen LogP contribution in [0.5, 0.6) is 0 Å². The molecule has 0 saturated heterocycles. The SMILES string of the molecule is CC[C@H](NC(=O)CC1=CSC2=NCCCN12)c1ccc(C)cc1. The standard InChI is InChI=1S/C18H23N3OS/c1-3-16(14-7-5-13(2)6-8-14)20-17(22)11-15-12-23-18-19-9-4-10-21(15)18/h5-8,12,16H,3-4,9-11H2,1-2H3,(H,20,22)/t16-/m0/s1. The second-order valence-electron chi connectivity index (χ2n) is 6.01. The predicted molar refractivity (Wildman–Crippen MR) is 96.3 cm³/mol. The van der Waals surface area contributed by atoms with Crippen LogP contribution >= 0.6 is 11.8 Å². The molecule has 1 amide bonds. The highest BCUT2D eigenvalue weighted by Gasteiger charge is 2.26. The molecule has 0 saturated carbocycles. The summed E-state index contributed by atoms with van der Waals surface area (Å²) < 4.78 is 0. The second-order valence-corrected chi connectivity index (χ2v) is 6.85. The summed E-state index contributed by atoms with van der Waals surface area (Å²) in [5, 5.41) is 6.28. The molecule has 3 rings (SSSR count). The smallest absolute Gasteiger partial charge is 0.226 e. The molecule has 2 aliphatic rings. The number of nitrogens with zero attached hydrogens (tertiary/aromatic N) is 2. The number of aryl methyl sites for hydroxylation is 1. The van der Waals surface area contributed by atoms with Crippen LogP contribution < -0.4 is 5.32 Å². The summed E-state index contributed by atoms with van der Waals surface area (Å²) >= 11 is 1.63. The van der Waals surface area contributed by atoms with Gasteiger partial charge in [0.1, 0.15) is 0 Å². The van der Waals surface area contributed by atoms with E-state index in [0.717, 1.165) is 36.8 Å². The number of amides is 1. The van der Waals surface area contributed by atoms with Crippen LogP contribution in [0.1, 0.15) is 43.4 Å². The van der Waals surface area contributed by atoms with Crippen molar-refractivity contribution in [2.75, 3.05) is 13.1 Å². The molecule has 2 heterocycles. The van der Waals surface area contributed by atoms with Crippen LogP contribution in [0, 0.1) is 6.92 Å². The van der Waals surface area contributed by atoms with E-state index >= 15 is 0 Å². The molecule has 0 aliphatic carbocycles. The third-order valence-corrected chi connectivity index (χ3v) is 5.18. The number of amidine groups is 1. The summed E-state index contributed by atoms with van der Waals surface area (Å²) in [5.74, 6) is 0.0797. The molecule has 122 valence electrons. The molecule has 1 aromatic carbocycles. The van der Waals surface area contributed by atoms with Gasteiger partial charge in [0.05, 0.1) is 12.5 Å². The zero-order valence-corrected chi connectivity index (χ0v) is 14.5. The van der Waals surface area contributed by atoms with Gasteiger partial charge in [0.2, 0.25) is 5.91 Å². The summed E-state index contributed by atoms with van der Waals surface area (Å²) in [4.78, 5) is 19.1. The lowest BCUT2D eigenvalue weighted by Gasteiger charge is -2.25. The van der Waals surface area contributed by atoms with E-state index in [4.69, 9.17) is 0 Å². The van der Waals surface area contributed by atoms with Gasteiger partial charge in [-0.15, -0.1) is 0 Å². The van der Waals surface area contributed by atoms with Crippen LogP contribution in [-0.2, 0) is 4.79 Å². The molecule has 0 aromatic heterocycles.